The molecule has 0 spiro atoms. The molecule has 1 aromatic heterocycles. The maximum atomic E-state index is 12.9. The van der Waals surface area contributed by atoms with Crippen molar-refractivity contribution in [2.24, 2.45) is 13.0 Å². The molecule has 1 fully saturated rings. The van der Waals surface area contributed by atoms with Gasteiger partial charge in [-0.3, -0.25) is 9.48 Å². The van der Waals surface area contributed by atoms with Crippen molar-refractivity contribution in [3.05, 3.63) is 11.9 Å². The fraction of sp³-hybridized carbons (Fsp3) is 0.667. The molecule has 0 bridgehead atoms. The zero-order valence-corrected chi connectivity index (χ0v) is 13.0. The number of aryl methyl sites for hydroxylation is 1. The van der Waals surface area contributed by atoms with Gasteiger partial charge < -0.3 is 5.11 Å². The predicted molar refractivity (Wildman–Crippen MR) is 71.9 cm³/mol. The summed E-state index contributed by atoms with van der Waals surface area (Å²) >= 11 is 0. The van der Waals surface area contributed by atoms with E-state index in [4.69, 9.17) is 5.11 Å². The first-order valence-electron chi connectivity index (χ1n) is 6.86. The van der Waals surface area contributed by atoms with E-state index in [0.29, 0.717) is 0 Å². The van der Waals surface area contributed by atoms with Crippen molar-refractivity contribution in [2.75, 3.05) is 0 Å². The first-order chi connectivity index (χ1) is 10.5. The molecular weight excluding hydrogens is 339 g/mol. The molecule has 23 heavy (non-hydrogen) atoms. The van der Waals surface area contributed by atoms with Crippen molar-refractivity contribution in [1.29, 1.82) is 0 Å². The molecule has 11 heteroatoms. The van der Waals surface area contributed by atoms with Crippen molar-refractivity contribution >= 4 is 16.0 Å². The molecule has 0 unspecified atom stereocenters. The quantitative estimate of drug-likeness (QED) is 0.849. The Balaban J connectivity index is 2.16. The van der Waals surface area contributed by atoms with E-state index in [9.17, 15) is 26.4 Å². The van der Waals surface area contributed by atoms with E-state index in [2.05, 4.69) is 9.82 Å². The lowest BCUT2D eigenvalue weighted by Crippen LogP contribution is -2.39. The molecule has 2 N–H and O–H groups in total. The van der Waals surface area contributed by atoms with Crippen molar-refractivity contribution in [3.8, 4) is 0 Å². The summed E-state index contributed by atoms with van der Waals surface area (Å²) in [6.45, 7) is 0. The second-order valence-electron chi connectivity index (χ2n) is 5.52. The largest absolute Gasteiger partial charge is 0.481 e. The number of sulfonamides is 1. The molecule has 0 atom stereocenters. The highest BCUT2D eigenvalue weighted by Crippen LogP contribution is 2.33. The summed E-state index contributed by atoms with van der Waals surface area (Å²) in [5.74, 6) is -1.49. The van der Waals surface area contributed by atoms with Crippen LogP contribution in [-0.2, 0) is 28.0 Å². The second-order valence-corrected chi connectivity index (χ2v) is 7.20. The lowest BCUT2D eigenvalue weighted by Gasteiger charge is -2.26. The fourth-order valence-electron chi connectivity index (χ4n) is 2.60. The number of carbonyl (C=O) groups is 1. The maximum absolute atomic E-state index is 12.9. The number of carboxylic acid groups (broad SMARTS) is 1. The van der Waals surface area contributed by atoms with Crippen LogP contribution in [0.15, 0.2) is 11.1 Å². The molecule has 7 nitrogen and oxygen atoms in total. The minimum Gasteiger partial charge on any atom is -0.481 e. The predicted octanol–water partition coefficient (Wildman–Crippen LogP) is 1.36. The molecule has 0 saturated heterocycles. The van der Waals surface area contributed by atoms with Crippen LogP contribution in [0, 0.1) is 5.92 Å². The van der Waals surface area contributed by atoms with Crippen LogP contribution in [0.2, 0.25) is 0 Å². The van der Waals surface area contributed by atoms with Crippen molar-refractivity contribution in [2.45, 2.75) is 42.8 Å². The summed E-state index contributed by atoms with van der Waals surface area (Å²) in [6.07, 6.45) is -3.00. The number of aromatic nitrogens is 2. The van der Waals surface area contributed by atoms with E-state index in [1.54, 1.807) is 0 Å². The Morgan fingerprint density at radius 3 is 2.39 bits per heavy atom. The Labute approximate surface area is 130 Å². The van der Waals surface area contributed by atoms with E-state index >= 15 is 0 Å². The third kappa shape index (κ3) is 4.02. The van der Waals surface area contributed by atoms with Gasteiger partial charge in [0.05, 0.1) is 5.92 Å². The molecule has 1 aromatic rings. The summed E-state index contributed by atoms with van der Waals surface area (Å²) in [7, 11) is -3.19. The second kappa shape index (κ2) is 6.11. The van der Waals surface area contributed by atoms with Gasteiger partial charge in [-0.15, -0.1) is 0 Å². The zero-order valence-electron chi connectivity index (χ0n) is 12.2. The molecule has 130 valence electrons. The Bertz CT molecular complexity index is 691. The smallest absolute Gasteiger partial charge is 0.436 e. The van der Waals surface area contributed by atoms with E-state index in [-0.39, 0.29) is 25.7 Å². The van der Waals surface area contributed by atoms with E-state index in [1.807, 2.05) is 0 Å². The number of halogens is 3. The van der Waals surface area contributed by atoms with Gasteiger partial charge in [-0.25, -0.2) is 13.1 Å². The summed E-state index contributed by atoms with van der Waals surface area (Å²) in [4.78, 5) is 9.93. The van der Waals surface area contributed by atoms with Gasteiger partial charge in [-0.2, -0.15) is 18.3 Å². The van der Waals surface area contributed by atoms with Crippen LogP contribution in [0.5, 0.6) is 0 Å². The van der Waals surface area contributed by atoms with E-state index in [0.717, 1.165) is 10.9 Å². The highest BCUT2D eigenvalue weighted by Gasteiger charge is 2.41. The summed E-state index contributed by atoms with van der Waals surface area (Å²) < 4.78 is 66.1. The van der Waals surface area contributed by atoms with Crippen molar-refractivity contribution in [1.82, 2.24) is 14.5 Å². The number of nitrogens with one attached hydrogen (secondary N) is 1. The fourth-order valence-corrected chi connectivity index (χ4v) is 4.10. The zero-order chi connectivity index (χ0) is 17.4. The summed E-state index contributed by atoms with van der Waals surface area (Å²) in [5, 5.41) is 12.1. The number of alkyl halides is 3. The van der Waals surface area contributed by atoms with Crippen molar-refractivity contribution in [3.63, 3.8) is 0 Å². The Kier molecular flexibility index (Phi) is 4.71. The van der Waals surface area contributed by atoms with Crippen LogP contribution in [0.1, 0.15) is 31.4 Å². The monoisotopic (exact) mass is 355 g/mol. The lowest BCUT2D eigenvalue weighted by atomic mass is 9.87. The molecule has 0 amide bonds. The minimum atomic E-state index is -4.88. The number of carboxylic acids is 1. The van der Waals surface area contributed by atoms with E-state index in [1.165, 1.54) is 7.05 Å². The first kappa shape index (κ1) is 17.7. The molecule has 0 radical (unpaired) electrons. The molecule has 1 aliphatic rings. The number of hydrogen-bond acceptors (Lipinski definition) is 4. The molecule has 1 heterocycles. The van der Waals surface area contributed by atoms with Gasteiger partial charge in [-0.1, -0.05) is 0 Å². The van der Waals surface area contributed by atoms with Gasteiger partial charge in [0.15, 0.2) is 5.69 Å². The van der Waals surface area contributed by atoms with Crippen molar-refractivity contribution < 1.29 is 31.5 Å². The highest BCUT2D eigenvalue weighted by atomic mass is 32.2. The van der Waals surface area contributed by atoms with Gasteiger partial charge >= 0.3 is 12.1 Å². The van der Waals surface area contributed by atoms with Crippen LogP contribution in [0.3, 0.4) is 0 Å². The number of nitrogens with zero attached hydrogens (tertiary/aromatic N) is 2. The average molecular weight is 355 g/mol. The van der Waals surface area contributed by atoms with Gasteiger partial charge in [-0.05, 0) is 25.7 Å². The molecule has 0 aliphatic heterocycles. The standard InChI is InChI=1S/C12H16F3N3O4S/c1-18-6-9(10(16-18)12(13,14)15)23(21,22)17-8-4-2-7(3-5-8)11(19)20/h6-8,17H,2-5H2,1H3,(H,19,20). The lowest BCUT2D eigenvalue weighted by molar-refractivity contribution is -0.144. The van der Waals surface area contributed by atoms with Gasteiger partial charge in [0.1, 0.15) is 4.90 Å². The number of hydrogen-bond donors (Lipinski definition) is 2. The molecular formula is C12H16F3N3O4S. The molecule has 1 aliphatic carbocycles. The van der Waals surface area contributed by atoms with Crippen LogP contribution in [0.25, 0.3) is 0 Å². The molecule has 1 saturated carbocycles. The van der Waals surface area contributed by atoms with Crippen LogP contribution in [0.4, 0.5) is 13.2 Å². The third-order valence-corrected chi connectivity index (χ3v) is 5.27. The van der Waals surface area contributed by atoms with Crippen LogP contribution >= 0.6 is 0 Å². The Morgan fingerprint density at radius 1 is 1.35 bits per heavy atom. The molecule has 2 rings (SSSR count). The summed E-state index contributed by atoms with van der Waals surface area (Å²) in [6, 6.07) is -0.586. The van der Waals surface area contributed by atoms with E-state index < -0.39 is 44.7 Å². The van der Waals surface area contributed by atoms with Gasteiger partial charge in [0.25, 0.3) is 0 Å². The average Bonchev–Trinajstić information content (AvgIpc) is 2.82. The number of aliphatic carboxylic acids is 1. The Hall–Kier alpha value is -1.62. The van der Waals surface area contributed by atoms with Crippen LogP contribution in [-0.4, -0.2) is 35.3 Å². The maximum Gasteiger partial charge on any atom is 0.436 e. The van der Waals surface area contributed by atoms with Crippen LogP contribution < -0.4 is 4.72 Å². The topological polar surface area (TPSA) is 101 Å². The number of rotatable bonds is 4. The summed E-state index contributed by atoms with van der Waals surface area (Å²) in [5.41, 5.74) is -1.47. The minimum absolute atomic E-state index is 0.262. The highest BCUT2D eigenvalue weighted by molar-refractivity contribution is 7.89. The first-order valence-corrected chi connectivity index (χ1v) is 8.35. The normalized spacial score (nSPS) is 23.0. The van der Waals surface area contributed by atoms with Gasteiger partial charge in [0.2, 0.25) is 10.0 Å². The third-order valence-electron chi connectivity index (χ3n) is 3.75. The molecule has 0 aromatic carbocycles. The van der Waals surface area contributed by atoms with Gasteiger partial charge in [0, 0.05) is 19.3 Å². The SMILES string of the molecule is Cn1cc(S(=O)(=O)NC2CCC(C(=O)O)CC2)c(C(F)(F)F)n1. The Morgan fingerprint density at radius 2 is 1.91 bits per heavy atom.